The van der Waals surface area contributed by atoms with Crippen molar-refractivity contribution in [2.24, 2.45) is 11.7 Å². The van der Waals surface area contributed by atoms with Crippen LogP contribution in [0.5, 0.6) is 0 Å². The Morgan fingerprint density at radius 2 is 1.89 bits per heavy atom. The molecule has 176 valence electrons. The summed E-state index contributed by atoms with van der Waals surface area (Å²) in [4.78, 5) is 38.2. The van der Waals surface area contributed by atoms with Crippen molar-refractivity contribution < 1.29 is 9.59 Å². The van der Waals surface area contributed by atoms with Crippen molar-refractivity contribution in [2.45, 2.75) is 38.3 Å². The van der Waals surface area contributed by atoms with Gasteiger partial charge in [0.05, 0.1) is 21.0 Å². The van der Waals surface area contributed by atoms with E-state index in [0.717, 1.165) is 43.8 Å². The molecule has 0 radical (unpaired) electrons. The third kappa shape index (κ3) is 4.04. The highest BCUT2D eigenvalue weighted by molar-refractivity contribution is 9.10. The van der Waals surface area contributed by atoms with Gasteiger partial charge in [-0.3, -0.25) is 14.6 Å². The van der Waals surface area contributed by atoms with E-state index in [0.29, 0.717) is 29.1 Å². The lowest BCUT2D eigenvalue weighted by atomic mass is 10.0. The molecule has 2 aromatic heterocycles. The maximum atomic E-state index is 13.9. The molecule has 1 aliphatic heterocycles. The number of carbonyl (C=O) groups is 2. The van der Waals surface area contributed by atoms with Gasteiger partial charge in [-0.25, -0.2) is 4.98 Å². The van der Waals surface area contributed by atoms with Gasteiger partial charge in [0.1, 0.15) is 5.69 Å². The minimum Gasteiger partial charge on any atom is -0.366 e. The number of piperidine rings is 1. The van der Waals surface area contributed by atoms with Gasteiger partial charge in [0.2, 0.25) is 0 Å². The van der Waals surface area contributed by atoms with Crippen molar-refractivity contribution in [3.05, 3.63) is 81.0 Å². The van der Waals surface area contributed by atoms with E-state index < -0.39 is 5.91 Å². The second-order valence-electron chi connectivity index (χ2n) is 9.33. The SMILES string of the molecule is Cc1nc(C(=O)N2[C@H](Cc3ccc4cccc(C(N)=O)c4n3)C[C@@H]3C[C@@H]32)c(-c2ccc(Br)cc2)s1. The number of nitrogens with two attached hydrogens (primary N) is 1. The molecule has 2 amide bonds. The lowest BCUT2D eigenvalue weighted by Gasteiger charge is -2.27. The monoisotopic (exact) mass is 546 g/mol. The summed E-state index contributed by atoms with van der Waals surface area (Å²) < 4.78 is 0.998. The molecule has 0 spiro atoms. The maximum absolute atomic E-state index is 13.9. The largest absolute Gasteiger partial charge is 0.366 e. The fourth-order valence-electron chi connectivity index (χ4n) is 5.29. The summed E-state index contributed by atoms with van der Waals surface area (Å²) in [6, 6.07) is 17.7. The Balaban J connectivity index is 1.32. The molecule has 2 fully saturated rings. The van der Waals surface area contributed by atoms with Gasteiger partial charge in [0, 0.05) is 34.1 Å². The molecule has 4 aromatic rings. The minimum atomic E-state index is -0.487. The molecule has 6 nitrogen and oxygen atoms in total. The quantitative estimate of drug-likeness (QED) is 0.364. The summed E-state index contributed by atoms with van der Waals surface area (Å²) >= 11 is 5.04. The summed E-state index contributed by atoms with van der Waals surface area (Å²) in [6.45, 7) is 1.94. The van der Waals surface area contributed by atoms with Crippen LogP contribution in [0.1, 0.15) is 44.4 Å². The van der Waals surface area contributed by atoms with Crippen LogP contribution in [0.25, 0.3) is 21.3 Å². The average Bonchev–Trinajstić information content (AvgIpc) is 3.33. The number of benzene rings is 2. The second-order valence-corrected chi connectivity index (χ2v) is 11.4. The van der Waals surface area contributed by atoms with Gasteiger partial charge in [-0.15, -0.1) is 11.3 Å². The van der Waals surface area contributed by atoms with E-state index in [2.05, 4.69) is 20.9 Å². The number of primary amides is 1. The molecule has 6 rings (SSSR count). The van der Waals surface area contributed by atoms with Crippen molar-refractivity contribution in [2.75, 3.05) is 0 Å². The average molecular weight is 547 g/mol. The highest BCUT2D eigenvalue weighted by atomic mass is 79.9. The standard InChI is InChI=1S/C27H23BrN4O2S/c1-14-30-24(25(35-14)16-5-8-18(28)9-6-16)27(34)32-20(11-17-12-22(17)32)13-19-10-7-15-3-2-4-21(26(29)33)23(15)31-19/h2-10,17,20,22H,11-13H2,1H3,(H2,29,33)/t17-,20+,22+/m1/s1. The van der Waals surface area contributed by atoms with Crippen LogP contribution in [-0.2, 0) is 6.42 Å². The van der Waals surface area contributed by atoms with E-state index in [1.807, 2.05) is 60.4 Å². The van der Waals surface area contributed by atoms with E-state index in [4.69, 9.17) is 10.7 Å². The van der Waals surface area contributed by atoms with Gasteiger partial charge >= 0.3 is 0 Å². The van der Waals surface area contributed by atoms with Crippen molar-refractivity contribution in [1.82, 2.24) is 14.9 Å². The summed E-state index contributed by atoms with van der Waals surface area (Å²) in [7, 11) is 0. The Labute approximate surface area is 215 Å². The molecule has 2 aliphatic rings. The summed E-state index contributed by atoms with van der Waals surface area (Å²) in [5, 5.41) is 1.76. The first-order chi connectivity index (χ1) is 16.9. The fraction of sp³-hybridized carbons (Fsp3) is 0.259. The van der Waals surface area contributed by atoms with E-state index in [9.17, 15) is 9.59 Å². The molecule has 2 N–H and O–H groups in total. The van der Waals surface area contributed by atoms with Crippen LogP contribution >= 0.6 is 27.3 Å². The number of pyridine rings is 1. The zero-order chi connectivity index (χ0) is 24.3. The number of fused-ring (bicyclic) bond motifs is 2. The Hall–Kier alpha value is -3.10. The Kier molecular flexibility index (Phi) is 5.45. The highest BCUT2D eigenvalue weighted by Gasteiger charge is 2.54. The molecule has 0 unspecified atom stereocenters. The summed E-state index contributed by atoms with van der Waals surface area (Å²) in [5.41, 5.74) is 9.01. The summed E-state index contributed by atoms with van der Waals surface area (Å²) in [6.07, 6.45) is 2.65. The number of carbonyl (C=O) groups excluding carboxylic acids is 2. The number of rotatable bonds is 5. The number of hydrogen-bond acceptors (Lipinski definition) is 5. The molecule has 1 aliphatic carbocycles. The highest BCUT2D eigenvalue weighted by Crippen LogP contribution is 2.49. The number of aromatic nitrogens is 2. The van der Waals surface area contributed by atoms with Crippen LogP contribution in [0.3, 0.4) is 0 Å². The smallest absolute Gasteiger partial charge is 0.274 e. The van der Waals surface area contributed by atoms with Crippen LogP contribution < -0.4 is 5.73 Å². The molecule has 8 heteroatoms. The molecule has 2 aromatic carbocycles. The van der Waals surface area contributed by atoms with Gasteiger partial charge in [-0.2, -0.15) is 0 Å². The van der Waals surface area contributed by atoms with Crippen molar-refractivity contribution in [1.29, 1.82) is 0 Å². The van der Waals surface area contributed by atoms with Crippen molar-refractivity contribution in [3.8, 4) is 10.4 Å². The van der Waals surface area contributed by atoms with E-state index in [-0.39, 0.29) is 18.0 Å². The lowest BCUT2D eigenvalue weighted by Crippen LogP contribution is -2.40. The van der Waals surface area contributed by atoms with E-state index in [1.165, 1.54) is 0 Å². The Bertz CT molecular complexity index is 1480. The van der Waals surface area contributed by atoms with E-state index >= 15 is 0 Å². The van der Waals surface area contributed by atoms with E-state index in [1.54, 1.807) is 17.4 Å². The first-order valence-corrected chi connectivity index (χ1v) is 13.2. The number of thiazole rings is 1. The third-order valence-corrected chi connectivity index (χ3v) is 8.53. The second kappa shape index (κ2) is 8.53. The minimum absolute atomic E-state index is 0.000818. The first kappa shape index (κ1) is 22.4. The van der Waals surface area contributed by atoms with Crippen LogP contribution in [0.4, 0.5) is 0 Å². The fourth-order valence-corrected chi connectivity index (χ4v) is 6.47. The van der Waals surface area contributed by atoms with Gasteiger partial charge in [-0.05, 0) is 55.5 Å². The van der Waals surface area contributed by atoms with Gasteiger partial charge in [0.15, 0.2) is 0 Å². The molecule has 35 heavy (non-hydrogen) atoms. The number of amides is 2. The number of aryl methyl sites for hydroxylation is 1. The molecule has 1 saturated heterocycles. The molecular formula is C27H23BrN4O2S. The van der Waals surface area contributed by atoms with Crippen LogP contribution in [0, 0.1) is 12.8 Å². The first-order valence-electron chi connectivity index (χ1n) is 11.6. The normalized spacial score (nSPS) is 20.7. The lowest BCUT2D eigenvalue weighted by molar-refractivity contribution is 0.0694. The number of nitrogens with zero attached hydrogens (tertiary/aromatic N) is 3. The number of likely N-dealkylation sites (tertiary alicyclic amines) is 1. The van der Waals surface area contributed by atoms with Crippen molar-refractivity contribution >= 4 is 50.0 Å². The predicted molar refractivity (Wildman–Crippen MR) is 140 cm³/mol. The van der Waals surface area contributed by atoms with Crippen LogP contribution in [0.2, 0.25) is 0 Å². The number of para-hydroxylation sites is 1. The molecule has 0 bridgehead atoms. The Morgan fingerprint density at radius 1 is 1.09 bits per heavy atom. The summed E-state index contributed by atoms with van der Waals surface area (Å²) in [5.74, 6) is 0.0564. The molecule has 3 heterocycles. The zero-order valence-corrected chi connectivity index (χ0v) is 21.5. The maximum Gasteiger partial charge on any atom is 0.274 e. The zero-order valence-electron chi connectivity index (χ0n) is 19.1. The molecule has 3 atom stereocenters. The predicted octanol–water partition coefficient (Wildman–Crippen LogP) is 5.37. The van der Waals surface area contributed by atoms with Crippen molar-refractivity contribution in [3.63, 3.8) is 0 Å². The molecular weight excluding hydrogens is 524 g/mol. The van der Waals surface area contributed by atoms with Gasteiger partial charge in [-0.1, -0.05) is 46.3 Å². The van der Waals surface area contributed by atoms with Gasteiger partial charge in [0.25, 0.3) is 11.8 Å². The Morgan fingerprint density at radius 3 is 2.66 bits per heavy atom. The number of halogens is 1. The third-order valence-electron chi connectivity index (χ3n) is 6.98. The molecule has 1 saturated carbocycles. The van der Waals surface area contributed by atoms with Crippen LogP contribution in [0.15, 0.2) is 59.1 Å². The van der Waals surface area contributed by atoms with Gasteiger partial charge < -0.3 is 10.6 Å². The number of hydrogen-bond donors (Lipinski definition) is 1. The topological polar surface area (TPSA) is 89.2 Å². The van der Waals surface area contributed by atoms with Crippen LogP contribution in [-0.4, -0.2) is 38.8 Å².